The zero-order valence-corrected chi connectivity index (χ0v) is 15.8. The summed E-state index contributed by atoms with van der Waals surface area (Å²) in [5, 5.41) is 9.05. The zero-order chi connectivity index (χ0) is 20.1. The van der Waals surface area contributed by atoms with Gasteiger partial charge in [0, 0.05) is 31.9 Å². The van der Waals surface area contributed by atoms with Crippen LogP contribution in [0.1, 0.15) is 5.56 Å². The van der Waals surface area contributed by atoms with Gasteiger partial charge >= 0.3 is 0 Å². The lowest BCUT2D eigenvalue weighted by molar-refractivity contribution is -0.130. The third-order valence-electron chi connectivity index (χ3n) is 4.53. The molecule has 0 saturated carbocycles. The number of hydrogen-bond donors (Lipinski definition) is 1. The molecule has 0 aromatic heterocycles. The number of sulfonamides is 1. The average molecular weight is 402 g/mol. The number of piperazine rings is 1. The lowest BCUT2D eigenvalue weighted by Crippen LogP contribution is -2.51. The van der Waals surface area contributed by atoms with E-state index in [1.165, 1.54) is 30.3 Å². The number of amides is 1. The summed E-state index contributed by atoms with van der Waals surface area (Å²) in [4.78, 5) is 15.9. The van der Waals surface area contributed by atoms with Gasteiger partial charge in [0.25, 0.3) is 0 Å². The van der Waals surface area contributed by atoms with Crippen LogP contribution in [0.5, 0.6) is 0 Å². The summed E-state index contributed by atoms with van der Waals surface area (Å²) in [6, 6.07) is 13.8. The third-order valence-corrected chi connectivity index (χ3v) is 5.99. The van der Waals surface area contributed by atoms with E-state index in [4.69, 9.17) is 5.26 Å². The van der Waals surface area contributed by atoms with E-state index in [1.807, 2.05) is 11.0 Å². The molecule has 1 aliphatic heterocycles. The molecule has 28 heavy (non-hydrogen) atoms. The van der Waals surface area contributed by atoms with Gasteiger partial charge in [-0.05, 0) is 36.4 Å². The van der Waals surface area contributed by atoms with Crippen LogP contribution >= 0.6 is 0 Å². The first-order valence-corrected chi connectivity index (χ1v) is 10.2. The van der Waals surface area contributed by atoms with Crippen LogP contribution in [0.2, 0.25) is 0 Å². The van der Waals surface area contributed by atoms with Crippen LogP contribution < -0.4 is 9.62 Å². The molecule has 2 aromatic rings. The predicted octanol–water partition coefficient (Wildman–Crippen LogP) is 1.32. The third kappa shape index (κ3) is 4.47. The largest absolute Gasteiger partial charge is 0.368 e. The van der Waals surface area contributed by atoms with Gasteiger partial charge in [-0.25, -0.2) is 17.5 Å². The van der Waals surface area contributed by atoms with Crippen LogP contribution in [0.4, 0.5) is 10.1 Å². The van der Waals surface area contributed by atoms with Gasteiger partial charge in [0.15, 0.2) is 0 Å². The lowest BCUT2D eigenvalue weighted by Gasteiger charge is -2.36. The van der Waals surface area contributed by atoms with E-state index in [9.17, 15) is 17.6 Å². The Kier molecular flexibility index (Phi) is 5.92. The summed E-state index contributed by atoms with van der Waals surface area (Å²) >= 11 is 0. The number of halogens is 1. The summed E-state index contributed by atoms with van der Waals surface area (Å²) in [5.74, 6) is -0.639. The van der Waals surface area contributed by atoms with Crippen molar-refractivity contribution in [2.24, 2.45) is 0 Å². The molecule has 146 valence electrons. The van der Waals surface area contributed by atoms with Crippen molar-refractivity contribution in [3.8, 4) is 6.07 Å². The highest BCUT2D eigenvalue weighted by atomic mass is 32.2. The quantitative estimate of drug-likeness (QED) is 0.814. The average Bonchev–Trinajstić information content (AvgIpc) is 2.72. The van der Waals surface area contributed by atoms with E-state index in [0.717, 1.165) is 5.69 Å². The van der Waals surface area contributed by atoms with Gasteiger partial charge in [-0.1, -0.05) is 12.1 Å². The summed E-state index contributed by atoms with van der Waals surface area (Å²) in [5.41, 5.74) is 0.901. The maximum atomic E-state index is 13.0. The number of rotatable bonds is 5. The molecule has 1 amide bonds. The molecule has 1 heterocycles. The summed E-state index contributed by atoms with van der Waals surface area (Å²) in [6.07, 6.45) is 0. The summed E-state index contributed by atoms with van der Waals surface area (Å²) < 4.78 is 40.1. The highest BCUT2D eigenvalue weighted by Gasteiger charge is 2.24. The summed E-state index contributed by atoms with van der Waals surface area (Å²) in [7, 11) is -3.96. The van der Waals surface area contributed by atoms with Crippen molar-refractivity contribution in [2.45, 2.75) is 4.90 Å². The Labute approximate surface area is 163 Å². The molecule has 0 bridgehead atoms. The molecule has 3 rings (SSSR count). The minimum absolute atomic E-state index is 0.0235. The minimum atomic E-state index is -3.96. The molecule has 2 aromatic carbocycles. The Morgan fingerprint density at radius 1 is 1.07 bits per heavy atom. The molecule has 1 N–H and O–H groups in total. The Balaban J connectivity index is 1.56. The van der Waals surface area contributed by atoms with Crippen molar-refractivity contribution < 1.29 is 17.6 Å². The van der Waals surface area contributed by atoms with Gasteiger partial charge < -0.3 is 9.80 Å². The molecular formula is C19H19FN4O3S. The van der Waals surface area contributed by atoms with Crippen LogP contribution in [0.3, 0.4) is 0 Å². The van der Waals surface area contributed by atoms with Gasteiger partial charge in [0.1, 0.15) is 11.9 Å². The van der Waals surface area contributed by atoms with Crippen LogP contribution in [-0.4, -0.2) is 51.9 Å². The van der Waals surface area contributed by atoms with Crippen molar-refractivity contribution in [3.05, 3.63) is 59.9 Å². The smallest absolute Gasteiger partial charge is 0.242 e. The molecule has 0 radical (unpaired) electrons. The fourth-order valence-corrected chi connectivity index (χ4v) is 4.14. The topological polar surface area (TPSA) is 93.5 Å². The molecule has 1 aliphatic rings. The van der Waals surface area contributed by atoms with E-state index >= 15 is 0 Å². The molecule has 1 saturated heterocycles. The number of carbonyl (C=O) groups excluding carboxylic acids is 1. The highest BCUT2D eigenvalue weighted by Crippen LogP contribution is 2.17. The maximum Gasteiger partial charge on any atom is 0.242 e. The van der Waals surface area contributed by atoms with E-state index < -0.39 is 10.0 Å². The van der Waals surface area contributed by atoms with Crippen LogP contribution in [-0.2, 0) is 14.8 Å². The lowest BCUT2D eigenvalue weighted by atomic mass is 10.2. The predicted molar refractivity (Wildman–Crippen MR) is 102 cm³/mol. The second kappa shape index (κ2) is 8.37. The number of nitrogens with one attached hydrogen (secondary N) is 1. The second-order valence-corrected chi connectivity index (χ2v) is 8.01. The Morgan fingerprint density at radius 2 is 1.71 bits per heavy atom. The van der Waals surface area contributed by atoms with Crippen molar-refractivity contribution in [3.63, 3.8) is 0 Å². The van der Waals surface area contributed by atoms with Gasteiger partial charge in [0.05, 0.1) is 17.0 Å². The number of anilines is 1. The molecule has 7 nitrogen and oxygen atoms in total. The number of carbonyl (C=O) groups is 1. The van der Waals surface area contributed by atoms with Gasteiger partial charge in [0.2, 0.25) is 15.9 Å². The van der Waals surface area contributed by atoms with E-state index in [1.54, 1.807) is 23.1 Å². The van der Waals surface area contributed by atoms with Gasteiger partial charge in [-0.2, -0.15) is 5.26 Å². The zero-order valence-electron chi connectivity index (χ0n) is 15.0. The normalized spacial score (nSPS) is 14.6. The summed E-state index contributed by atoms with van der Waals surface area (Å²) in [6.45, 7) is 1.64. The van der Waals surface area contributed by atoms with Crippen LogP contribution in [0.25, 0.3) is 0 Å². The van der Waals surface area contributed by atoms with E-state index in [0.29, 0.717) is 26.2 Å². The first-order chi connectivity index (χ1) is 13.4. The van der Waals surface area contributed by atoms with Crippen molar-refractivity contribution in [1.29, 1.82) is 5.26 Å². The number of hydrogen-bond acceptors (Lipinski definition) is 5. The number of nitrogens with zero attached hydrogens (tertiary/aromatic N) is 3. The number of nitriles is 1. The molecule has 0 unspecified atom stereocenters. The first-order valence-electron chi connectivity index (χ1n) is 8.68. The molecule has 1 fully saturated rings. The van der Waals surface area contributed by atoms with E-state index in [-0.39, 0.29) is 28.7 Å². The molecule has 0 spiro atoms. The highest BCUT2D eigenvalue weighted by molar-refractivity contribution is 7.89. The number of benzene rings is 2. The van der Waals surface area contributed by atoms with E-state index in [2.05, 4.69) is 4.72 Å². The minimum Gasteiger partial charge on any atom is -0.368 e. The standard InChI is InChI=1S/C19H19FN4O3S/c20-16-5-7-17(8-6-16)23-9-11-24(12-10-23)19(25)14-22-28(26,27)18-4-2-1-3-15(18)13-21/h1-8,22H,9-12,14H2. The van der Waals surface area contributed by atoms with Crippen molar-refractivity contribution >= 4 is 21.6 Å². The SMILES string of the molecule is N#Cc1ccccc1S(=O)(=O)NCC(=O)N1CCN(c2ccc(F)cc2)CC1. The molecule has 0 aliphatic carbocycles. The molecular weight excluding hydrogens is 383 g/mol. The van der Waals surface area contributed by atoms with Gasteiger partial charge in [-0.3, -0.25) is 4.79 Å². The molecule has 9 heteroatoms. The maximum absolute atomic E-state index is 13.0. The first kappa shape index (κ1) is 19.8. The fourth-order valence-electron chi connectivity index (χ4n) is 3.01. The Morgan fingerprint density at radius 3 is 2.36 bits per heavy atom. The van der Waals surface area contributed by atoms with Crippen molar-refractivity contribution in [1.82, 2.24) is 9.62 Å². The molecule has 0 atom stereocenters. The monoisotopic (exact) mass is 402 g/mol. The Bertz CT molecular complexity index is 995. The fraction of sp³-hybridized carbons (Fsp3) is 0.263. The Hall–Kier alpha value is -2.96. The van der Waals surface area contributed by atoms with Gasteiger partial charge in [-0.15, -0.1) is 0 Å². The van der Waals surface area contributed by atoms with Crippen molar-refractivity contribution in [2.75, 3.05) is 37.6 Å². The van der Waals surface area contributed by atoms with Crippen LogP contribution in [0, 0.1) is 17.1 Å². The second-order valence-electron chi connectivity index (χ2n) is 6.28. The van der Waals surface area contributed by atoms with Crippen LogP contribution in [0.15, 0.2) is 53.4 Å².